The summed E-state index contributed by atoms with van der Waals surface area (Å²) in [6.45, 7) is 0. The summed E-state index contributed by atoms with van der Waals surface area (Å²) in [6.07, 6.45) is 5.37. The topological polar surface area (TPSA) is 0 Å². The van der Waals surface area contributed by atoms with Gasteiger partial charge in [0.2, 0.25) is 0 Å². The molecular formula is C24H22Cl2Zr. The van der Waals surface area contributed by atoms with Crippen molar-refractivity contribution in [2.24, 2.45) is 0 Å². The number of fused-ring (bicyclic) bond motifs is 2. The van der Waals surface area contributed by atoms with E-state index in [2.05, 4.69) is 72.8 Å². The van der Waals surface area contributed by atoms with Gasteiger partial charge in [-0.3, -0.25) is 0 Å². The molecule has 0 bridgehead atoms. The molecular weight excluding hydrogens is 450 g/mol. The van der Waals surface area contributed by atoms with E-state index in [1.54, 1.807) is 11.1 Å². The van der Waals surface area contributed by atoms with Gasteiger partial charge in [0, 0.05) is 0 Å². The Hall–Kier alpha value is -0.877. The fraction of sp³-hybridized carbons (Fsp3) is 0.250. The van der Waals surface area contributed by atoms with Crippen LogP contribution in [0.4, 0.5) is 0 Å². The van der Waals surface area contributed by atoms with Crippen molar-refractivity contribution in [1.82, 2.24) is 0 Å². The van der Waals surface area contributed by atoms with E-state index in [4.69, 9.17) is 0 Å². The van der Waals surface area contributed by atoms with E-state index in [0.717, 1.165) is 0 Å². The average Bonchev–Trinajstić information content (AvgIpc) is 3.25. The summed E-state index contributed by atoms with van der Waals surface area (Å²) in [7, 11) is 0. The number of benzene rings is 2. The zero-order chi connectivity index (χ0) is 15.9. The molecule has 2 unspecified atom stereocenters. The Kier molecular flexibility index (Phi) is 7.93. The van der Waals surface area contributed by atoms with Crippen LogP contribution in [0.15, 0.2) is 72.8 Å². The van der Waals surface area contributed by atoms with Gasteiger partial charge in [-0.1, -0.05) is 25.0 Å². The van der Waals surface area contributed by atoms with E-state index >= 15 is 0 Å². The van der Waals surface area contributed by atoms with Crippen LogP contribution in [0.5, 0.6) is 0 Å². The smallest absolute Gasteiger partial charge is 1.00 e. The van der Waals surface area contributed by atoms with Crippen LogP contribution in [0.2, 0.25) is 0 Å². The molecule has 0 aliphatic heterocycles. The molecule has 0 nitrogen and oxygen atoms in total. The molecule has 0 radical (unpaired) electrons. The zero-order valence-electron chi connectivity index (χ0n) is 15.2. The summed E-state index contributed by atoms with van der Waals surface area (Å²) in [5, 5.41) is 5.57. The molecule has 0 amide bonds. The second-order valence-corrected chi connectivity index (χ2v) is 7.33. The monoisotopic (exact) mass is 470 g/mol. The van der Waals surface area contributed by atoms with Gasteiger partial charge in [-0.05, 0) is 24.7 Å². The van der Waals surface area contributed by atoms with Crippen molar-refractivity contribution in [2.75, 3.05) is 0 Å². The Labute approximate surface area is 193 Å². The third kappa shape index (κ3) is 4.26. The van der Waals surface area contributed by atoms with Crippen molar-refractivity contribution < 1.29 is 51.0 Å². The van der Waals surface area contributed by atoms with E-state index in [1.807, 2.05) is 0 Å². The molecule has 136 valence electrons. The summed E-state index contributed by atoms with van der Waals surface area (Å²) >= 11 is 0. The van der Waals surface area contributed by atoms with Crippen molar-refractivity contribution >= 4 is 21.5 Å². The summed E-state index contributed by atoms with van der Waals surface area (Å²) in [4.78, 5) is 0. The Balaban J connectivity index is 0.000000871. The first-order chi connectivity index (χ1) is 11.9. The van der Waals surface area contributed by atoms with Crippen LogP contribution in [0.25, 0.3) is 21.5 Å². The SMILES string of the molecule is [Cl-].[Cl-].[Zr+4].c1ccc2[cH-]c(C3CCCCC3c3cc4ccccc4[cH-]3)cc2c1. The summed E-state index contributed by atoms with van der Waals surface area (Å²) < 4.78 is 0. The van der Waals surface area contributed by atoms with E-state index in [-0.39, 0.29) is 51.0 Å². The molecule has 4 aromatic carbocycles. The molecule has 0 N–H and O–H groups in total. The van der Waals surface area contributed by atoms with E-state index < -0.39 is 0 Å². The van der Waals surface area contributed by atoms with Crippen LogP contribution >= 0.6 is 0 Å². The quantitative estimate of drug-likeness (QED) is 0.380. The first-order valence-electron chi connectivity index (χ1n) is 9.19. The largest absolute Gasteiger partial charge is 4.00 e. The maximum absolute atomic E-state index is 2.43. The minimum atomic E-state index is 0. The van der Waals surface area contributed by atoms with Gasteiger partial charge in [-0.25, -0.2) is 0 Å². The predicted molar refractivity (Wildman–Crippen MR) is 103 cm³/mol. The van der Waals surface area contributed by atoms with Crippen LogP contribution in [0.3, 0.4) is 0 Å². The van der Waals surface area contributed by atoms with Gasteiger partial charge < -0.3 is 24.8 Å². The second kappa shape index (κ2) is 9.55. The van der Waals surface area contributed by atoms with E-state index in [9.17, 15) is 0 Å². The summed E-state index contributed by atoms with van der Waals surface area (Å²) in [5.41, 5.74) is 3.09. The minimum Gasteiger partial charge on any atom is -1.00 e. The normalized spacial score (nSPS) is 19.1. The molecule has 0 spiro atoms. The van der Waals surface area contributed by atoms with Gasteiger partial charge in [0.25, 0.3) is 0 Å². The Morgan fingerprint density at radius 1 is 0.630 bits per heavy atom. The molecule has 4 aromatic rings. The molecule has 2 atom stereocenters. The standard InChI is InChI=1S/C24H22.2ClH.Zr/c1-2-8-18-14-21(13-17(18)7-1)23-11-5-6-12-24(23)22-15-19-9-3-4-10-20(19)16-22;;;/h1-4,7-10,13-16,23-24H,5-6,11-12H2;2*1H;/q-2;;;+4/p-2. The molecule has 5 rings (SSSR count). The van der Waals surface area contributed by atoms with Crippen molar-refractivity contribution in [3.05, 3.63) is 83.9 Å². The maximum Gasteiger partial charge on any atom is 4.00 e. The number of hydrogen-bond acceptors (Lipinski definition) is 0. The van der Waals surface area contributed by atoms with Crippen LogP contribution in [-0.4, -0.2) is 0 Å². The van der Waals surface area contributed by atoms with Crippen molar-refractivity contribution in [3.63, 3.8) is 0 Å². The molecule has 1 saturated carbocycles. The fourth-order valence-electron chi connectivity index (χ4n) is 4.71. The average molecular weight is 473 g/mol. The molecule has 0 heterocycles. The first-order valence-corrected chi connectivity index (χ1v) is 9.19. The third-order valence-corrected chi connectivity index (χ3v) is 5.90. The summed E-state index contributed by atoms with van der Waals surface area (Å²) in [5.74, 6) is 1.34. The van der Waals surface area contributed by atoms with Gasteiger partial charge in [0.1, 0.15) is 0 Å². The molecule has 0 aromatic heterocycles. The number of halogens is 2. The van der Waals surface area contributed by atoms with E-state index in [0.29, 0.717) is 11.8 Å². The third-order valence-electron chi connectivity index (χ3n) is 5.90. The van der Waals surface area contributed by atoms with Crippen molar-refractivity contribution in [1.29, 1.82) is 0 Å². The molecule has 1 fully saturated rings. The Morgan fingerprint density at radius 2 is 1.04 bits per heavy atom. The fourth-order valence-corrected chi connectivity index (χ4v) is 4.71. The Bertz CT molecular complexity index is 850. The van der Waals surface area contributed by atoms with E-state index in [1.165, 1.54) is 47.2 Å². The van der Waals surface area contributed by atoms with Gasteiger partial charge in [-0.15, -0.1) is 81.2 Å². The maximum atomic E-state index is 2.43. The van der Waals surface area contributed by atoms with Gasteiger partial charge in [0.05, 0.1) is 0 Å². The zero-order valence-corrected chi connectivity index (χ0v) is 19.1. The van der Waals surface area contributed by atoms with Crippen molar-refractivity contribution in [2.45, 2.75) is 37.5 Å². The van der Waals surface area contributed by atoms with Crippen molar-refractivity contribution in [3.8, 4) is 0 Å². The number of rotatable bonds is 2. The van der Waals surface area contributed by atoms with Gasteiger partial charge in [-0.2, -0.15) is 12.1 Å². The van der Waals surface area contributed by atoms with Crippen LogP contribution in [-0.2, 0) is 26.2 Å². The molecule has 1 aliphatic carbocycles. The van der Waals surface area contributed by atoms with Gasteiger partial charge in [0.15, 0.2) is 0 Å². The predicted octanol–water partition coefficient (Wildman–Crippen LogP) is 0.878. The van der Waals surface area contributed by atoms with Crippen LogP contribution < -0.4 is 24.8 Å². The molecule has 3 heteroatoms. The number of hydrogen-bond donors (Lipinski definition) is 0. The van der Waals surface area contributed by atoms with Crippen LogP contribution in [0.1, 0.15) is 48.6 Å². The summed E-state index contributed by atoms with van der Waals surface area (Å²) in [6, 6.07) is 27.3. The molecule has 0 saturated heterocycles. The molecule has 27 heavy (non-hydrogen) atoms. The van der Waals surface area contributed by atoms with Gasteiger partial charge >= 0.3 is 26.2 Å². The first kappa shape index (κ1) is 22.4. The molecule has 1 aliphatic rings. The second-order valence-electron chi connectivity index (χ2n) is 7.33. The van der Waals surface area contributed by atoms with Crippen LogP contribution in [0, 0.1) is 0 Å². The Morgan fingerprint density at radius 3 is 1.44 bits per heavy atom. The minimum absolute atomic E-state index is 0.